The van der Waals surface area contributed by atoms with Crippen LogP contribution in [0.25, 0.3) is 11.4 Å². The van der Waals surface area contributed by atoms with Gasteiger partial charge in [0, 0.05) is 12.7 Å². The number of nitrogens with zero attached hydrogens (tertiary/aromatic N) is 3. The van der Waals surface area contributed by atoms with Crippen molar-refractivity contribution in [3.63, 3.8) is 0 Å². The fourth-order valence-electron chi connectivity index (χ4n) is 4.73. The number of rotatable bonds is 8. The van der Waals surface area contributed by atoms with Gasteiger partial charge in [-0.1, -0.05) is 0 Å². The topological polar surface area (TPSA) is 120 Å². The van der Waals surface area contributed by atoms with Crippen molar-refractivity contribution in [1.82, 2.24) is 15.3 Å². The molecule has 0 bridgehead atoms. The molecule has 2 amide bonds. The molecule has 1 aliphatic heterocycles. The molecule has 3 aromatic rings. The summed E-state index contributed by atoms with van der Waals surface area (Å²) >= 11 is -1.45. The number of anilines is 2. The van der Waals surface area contributed by atoms with Gasteiger partial charge in [0.1, 0.15) is 0 Å². The second-order valence-corrected chi connectivity index (χ2v) is 14.8. The summed E-state index contributed by atoms with van der Waals surface area (Å²) in [5.41, 5.74) is 1.84. The number of carbonyl (C=O) groups excluding carboxylic acids is 1. The molecule has 4 N–H and O–H groups in total. The monoisotopic (exact) mass is 686 g/mol. The van der Waals surface area contributed by atoms with Gasteiger partial charge in [0.05, 0.1) is 0 Å². The number of alkyl halides is 3. The number of aromatic nitrogens is 2. The van der Waals surface area contributed by atoms with Crippen molar-refractivity contribution in [3.05, 3.63) is 63.9 Å². The molecule has 1 aliphatic carbocycles. The summed E-state index contributed by atoms with van der Waals surface area (Å²) in [7, 11) is -1.84. The molecule has 2 fully saturated rings. The van der Waals surface area contributed by atoms with Crippen molar-refractivity contribution in [3.8, 4) is 11.4 Å². The van der Waals surface area contributed by atoms with E-state index in [1.54, 1.807) is 48.5 Å². The number of urea groups is 1. The van der Waals surface area contributed by atoms with E-state index >= 15 is 0 Å². The first kappa shape index (κ1) is 28.9. The summed E-state index contributed by atoms with van der Waals surface area (Å²) in [6.45, 7) is 3.77. The number of hydrogen-bond acceptors (Lipinski definition) is 7. The predicted octanol–water partition coefficient (Wildman–Crippen LogP) is 2.40. The molecule has 13 heteroatoms. The third kappa shape index (κ3) is 5.88. The molecule has 2 aromatic carbocycles. The van der Waals surface area contributed by atoms with Gasteiger partial charge in [-0.3, -0.25) is 0 Å². The van der Waals surface area contributed by atoms with Crippen LogP contribution in [-0.2, 0) is 9.48 Å². The van der Waals surface area contributed by atoms with Crippen LogP contribution < -0.4 is 36.7 Å². The molecule has 1 atom stereocenters. The van der Waals surface area contributed by atoms with E-state index in [4.69, 9.17) is 14.7 Å². The van der Waals surface area contributed by atoms with Crippen molar-refractivity contribution in [1.29, 1.82) is 0 Å². The molecule has 2 aliphatic rings. The van der Waals surface area contributed by atoms with Crippen molar-refractivity contribution in [2.24, 2.45) is 0 Å². The Labute approximate surface area is 243 Å². The van der Waals surface area contributed by atoms with Crippen LogP contribution in [0.1, 0.15) is 25.5 Å². The number of nitrogens with one attached hydrogen (secondary N) is 2. The zero-order chi connectivity index (χ0) is 28.5. The van der Waals surface area contributed by atoms with Crippen LogP contribution in [0, 0.1) is 3.57 Å². The SMILES string of the molecule is CNC(=O)Nc1ccc(-c2nc(N3CCOC[C@@H]3C)cc(C3(S(O)(O)c4ccc([I-]C(F)F)cc4)CC3)n2)cc1. The summed E-state index contributed by atoms with van der Waals surface area (Å²) in [6.07, 6.45) is 1.04. The van der Waals surface area contributed by atoms with Gasteiger partial charge in [-0.2, -0.15) is 0 Å². The Morgan fingerprint density at radius 3 is 2.45 bits per heavy atom. The van der Waals surface area contributed by atoms with Gasteiger partial charge in [0.15, 0.2) is 0 Å². The molecule has 9 nitrogen and oxygen atoms in total. The van der Waals surface area contributed by atoms with Gasteiger partial charge >= 0.3 is 211 Å². The van der Waals surface area contributed by atoms with Gasteiger partial charge < -0.3 is 15.4 Å². The molecule has 1 saturated heterocycles. The third-order valence-electron chi connectivity index (χ3n) is 7.07. The van der Waals surface area contributed by atoms with Crippen molar-refractivity contribution < 1.29 is 48.6 Å². The first-order chi connectivity index (χ1) is 19.1. The summed E-state index contributed by atoms with van der Waals surface area (Å²) in [6, 6.07) is 14.9. The van der Waals surface area contributed by atoms with Crippen LogP contribution >= 0.6 is 10.6 Å². The average Bonchev–Trinajstić information content (AvgIpc) is 3.76. The maximum absolute atomic E-state index is 12.9. The van der Waals surface area contributed by atoms with Gasteiger partial charge in [-0.15, -0.1) is 0 Å². The van der Waals surface area contributed by atoms with E-state index in [0.29, 0.717) is 69.7 Å². The Morgan fingerprint density at radius 2 is 1.85 bits per heavy atom. The fourth-order valence-corrected chi connectivity index (χ4v) is 8.08. The Balaban J connectivity index is 1.54. The number of ether oxygens (including phenoxy) is 1. The quantitative estimate of drug-likeness (QED) is 0.212. The summed E-state index contributed by atoms with van der Waals surface area (Å²) in [5.74, 6) is 1.10. The van der Waals surface area contributed by atoms with E-state index in [1.165, 1.54) is 7.05 Å². The molecule has 0 radical (unpaired) electrons. The zero-order valence-corrected chi connectivity index (χ0v) is 25.0. The minimum absolute atomic E-state index is 0.0599. The van der Waals surface area contributed by atoms with Gasteiger partial charge in [0.2, 0.25) is 0 Å². The maximum atomic E-state index is 12.9. The van der Waals surface area contributed by atoms with Crippen molar-refractivity contribution in [2.45, 2.75) is 39.9 Å². The van der Waals surface area contributed by atoms with Crippen LogP contribution in [-0.4, -0.2) is 62.4 Å². The molecule has 1 saturated carbocycles. The number of carbonyl (C=O) groups is 1. The van der Waals surface area contributed by atoms with E-state index in [2.05, 4.69) is 15.5 Å². The molecule has 5 rings (SSSR count). The Kier molecular flexibility index (Phi) is 8.47. The Morgan fingerprint density at radius 1 is 1.15 bits per heavy atom. The van der Waals surface area contributed by atoms with E-state index in [9.17, 15) is 22.7 Å². The summed E-state index contributed by atoms with van der Waals surface area (Å²) < 4.78 is 51.8. The zero-order valence-electron chi connectivity index (χ0n) is 22.0. The third-order valence-corrected chi connectivity index (χ3v) is 11.6. The molecule has 40 heavy (non-hydrogen) atoms. The predicted molar refractivity (Wildman–Crippen MR) is 146 cm³/mol. The van der Waals surface area contributed by atoms with Crippen LogP contribution in [0.2, 0.25) is 0 Å². The average molecular weight is 687 g/mol. The number of amides is 2. The molecular weight excluding hydrogens is 655 g/mol. The van der Waals surface area contributed by atoms with Gasteiger partial charge in [0.25, 0.3) is 0 Å². The van der Waals surface area contributed by atoms with E-state index in [0.717, 1.165) is 0 Å². The van der Waals surface area contributed by atoms with Crippen LogP contribution in [0.4, 0.5) is 25.1 Å². The minimum atomic E-state index is -3.37. The van der Waals surface area contributed by atoms with Crippen molar-refractivity contribution in [2.75, 3.05) is 37.0 Å². The number of halogens is 3. The second kappa shape index (κ2) is 11.7. The van der Waals surface area contributed by atoms with Gasteiger partial charge in [-0.05, 0) is 0 Å². The summed E-state index contributed by atoms with van der Waals surface area (Å²) in [4.78, 5) is 23.8. The molecule has 0 spiro atoms. The Bertz CT molecular complexity index is 1360. The van der Waals surface area contributed by atoms with E-state index in [1.807, 2.05) is 13.0 Å². The fraction of sp³-hybridized carbons (Fsp3) is 0.370. The number of hydrogen-bond donors (Lipinski definition) is 4. The van der Waals surface area contributed by atoms with Crippen LogP contribution in [0.3, 0.4) is 0 Å². The molecule has 2 heterocycles. The molecule has 1 aromatic heterocycles. The van der Waals surface area contributed by atoms with Crippen molar-refractivity contribution >= 4 is 28.1 Å². The Hall–Kier alpha value is -2.59. The first-order valence-electron chi connectivity index (χ1n) is 12.8. The first-order valence-corrected chi connectivity index (χ1v) is 16.6. The van der Waals surface area contributed by atoms with Gasteiger partial charge in [-0.25, -0.2) is 4.79 Å². The van der Waals surface area contributed by atoms with Crippen LogP contribution in [0.15, 0.2) is 59.5 Å². The number of benzene rings is 2. The van der Waals surface area contributed by atoms with E-state index < -0.39 is 41.0 Å². The second-order valence-electron chi connectivity index (χ2n) is 9.69. The van der Waals surface area contributed by atoms with E-state index in [-0.39, 0.29) is 12.1 Å². The normalized spacial score (nSPS) is 19.0. The molecule has 216 valence electrons. The van der Waals surface area contributed by atoms with Crippen LogP contribution in [0.5, 0.6) is 0 Å². The summed E-state index contributed by atoms with van der Waals surface area (Å²) in [5, 5.41) is 5.23. The number of morpholine rings is 1. The molecule has 0 unspecified atom stereocenters. The standard InChI is InChI=1S/C27H31F2IN5O4S/c1-17-16-39-14-13-35(17)23-15-22(33-24(34-23)18-3-7-20(8-4-18)32-26(36)31-2)27(11-12-27)40(37,38)21-9-5-19(6-10-21)30-25(28)29/h3-10,15,17,25,37-38H,11-14,16H2,1-2H3,(H2,31,32,36)/q-1/t17-/m0/s1. The molecular formula is C27H31F2IN5O4S-.